The number of carbonyl (C=O) groups excluding carboxylic acids is 1. The van der Waals surface area contributed by atoms with Gasteiger partial charge in [-0.3, -0.25) is 10.1 Å². The third kappa shape index (κ3) is 2.72. The van der Waals surface area contributed by atoms with Gasteiger partial charge in [-0.2, -0.15) is 0 Å². The summed E-state index contributed by atoms with van der Waals surface area (Å²) in [7, 11) is 0. The molecule has 0 saturated heterocycles. The zero-order chi connectivity index (χ0) is 13.3. The SMILES string of the molecule is Cc1ccc2c(c1)C(NC(C)CC(C)C)C(=O)N2. The molecule has 2 N–H and O–H groups in total. The Kier molecular flexibility index (Phi) is 3.71. The van der Waals surface area contributed by atoms with Crippen LogP contribution in [-0.2, 0) is 4.79 Å². The fraction of sp³-hybridized carbons (Fsp3) is 0.533. The Balaban J connectivity index is 2.15. The highest BCUT2D eigenvalue weighted by atomic mass is 16.2. The quantitative estimate of drug-likeness (QED) is 0.857. The Morgan fingerprint density at radius 1 is 1.33 bits per heavy atom. The third-order valence-electron chi connectivity index (χ3n) is 3.31. The van der Waals surface area contributed by atoms with Crippen molar-refractivity contribution in [1.82, 2.24) is 5.32 Å². The molecule has 3 nitrogen and oxygen atoms in total. The topological polar surface area (TPSA) is 41.1 Å². The maximum Gasteiger partial charge on any atom is 0.246 e. The van der Waals surface area contributed by atoms with E-state index in [0.717, 1.165) is 17.7 Å². The average Bonchev–Trinajstić information content (AvgIpc) is 2.55. The first kappa shape index (κ1) is 13.1. The molecule has 2 atom stereocenters. The molecule has 0 aromatic heterocycles. The molecule has 1 aliphatic heterocycles. The van der Waals surface area contributed by atoms with Crippen LogP contribution in [0.1, 0.15) is 44.4 Å². The van der Waals surface area contributed by atoms with Crippen molar-refractivity contribution in [2.75, 3.05) is 5.32 Å². The van der Waals surface area contributed by atoms with Crippen molar-refractivity contribution in [1.29, 1.82) is 0 Å². The van der Waals surface area contributed by atoms with Crippen molar-refractivity contribution in [3.05, 3.63) is 29.3 Å². The largest absolute Gasteiger partial charge is 0.324 e. The second kappa shape index (κ2) is 5.11. The second-order valence-corrected chi connectivity index (χ2v) is 5.71. The van der Waals surface area contributed by atoms with Gasteiger partial charge in [-0.15, -0.1) is 0 Å². The predicted molar refractivity (Wildman–Crippen MR) is 74.6 cm³/mol. The van der Waals surface area contributed by atoms with Crippen molar-refractivity contribution in [2.45, 2.75) is 46.2 Å². The van der Waals surface area contributed by atoms with Gasteiger partial charge < -0.3 is 5.32 Å². The van der Waals surface area contributed by atoms with Gasteiger partial charge in [0.15, 0.2) is 0 Å². The van der Waals surface area contributed by atoms with Gasteiger partial charge >= 0.3 is 0 Å². The van der Waals surface area contributed by atoms with E-state index in [9.17, 15) is 4.79 Å². The fourth-order valence-electron chi connectivity index (χ4n) is 2.61. The number of rotatable bonds is 4. The number of hydrogen-bond donors (Lipinski definition) is 2. The van der Waals surface area contributed by atoms with Crippen LogP contribution < -0.4 is 10.6 Å². The normalized spacial score (nSPS) is 19.8. The summed E-state index contributed by atoms with van der Waals surface area (Å²) in [5, 5.41) is 6.36. The van der Waals surface area contributed by atoms with Crippen molar-refractivity contribution in [2.24, 2.45) is 5.92 Å². The first-order valence-corrected chi connectivity index (χ1v) is 6.65. The lowest BCUT2D eigenvalue weighted by Crippen LogP contribution is -2.35. The molecule has 0 fully saturated rings. The lowest BCUT2D eigenvalue weighted by molar-refractivity contribution is -0.117. The Hall–Kier alpha value is -1.35. The first-order valence-electron chi connectivity index (χ1n) is 6.65. The molecule has 0 bridgehead atoms. The third-order valence-corrected chi connectivity index (χ3v) is 3.31. The molecule has 1 amide bonds. The number of amides is 1. The maximum atomic E-state index is 12.0. The lowest BCUT2D eigenvalue weighted by Gasteiger charge is -2.20. The summed E-state index contributed by atoms with van der Waals surface area (Å²) in [5.41, 5.74) is 3.21. The van der Waals surface area contributed by atoms with E-state index in [0.29, 0.717) is 12.0 Å². The van der Waals surface area contributed by atoms with Crippen molar-refractivity contribution >= 4 is 11.6 Å². The van der Waals surface area contributed by atoms with Crippen molar-refractivity contribution in [3.8, 4) is 0 Å². The summed E-state index contributed by atoms with van der Waals surface area (Å²) in [4.78, 5) is 12.0. The van der Waals surface area contributed by atoms with Gasteiger partial charge in [0.25, 0.3) is 0 Å². The summed E-state index contributed by atoms with van der Waals surface area (Å²) < 4.78 is 0. The van der Waals surface area contributed by atoms with Gasteiger partial charge in [-0.25, -0.2) is 0 Å². The molecule has 0 saturated carbocycles. The molecule has 0 radical (unpaired) electrons. The molecule has 2 rings (SSSR count). The highest BCUT2D eigenvalue weighted by Gasteiger charge is 2.31. The smallest absolute Gasteiger partial charge is 0.246 e. The van der Waals surface area contributed by atoms with Crippen LogP contribution in [0.25, 0.3) is 0 Å². The monoisotopic (exact) mass is 246 g/mol. The highest BCUT2D eigenvalue weighted by molar-refractivity contribution is 6.02. The molecule has 1 aromatic carbocycles. The lowest BCUT2D eigenvalue weighted by atomic mass is 10.0. The Morgan fingerprint density at radius 3 is 2.72 bits per heavy atom. The van der Waals surface area contributed by atoms with Gasteiger partial charge in [0.05, 0.1) is 0 Å². The Morgan fingerprint density at radius 2 is 2.06 bits per heavy atom. The minimum absolute atomic E-state index is 0.0613. The van der Waals surface area contributed by atoms with E-state index in [1.165, 1.54) is 5.56 Å². The summed E-state index contributed by atoms with van der Waals surface area (Å²) in [6, 6.07) is 6.24. The van der Waals surface area contributed by atoms with E-state index in [1.54, 1.807) is 0 Å². The fourth-order valence-corrected chi connectivity index (χ4v) is 2.61. The molecule has 98 valence electrons. The summed E-state index contributed by atoms with van der Waals surface area (Å²) in [6.07, 6.45) is 1.07. The molecule has 2 unspecified atom stereocenters. The van der Waals surface area contributed by atoms with Gasteiger partial charge in [0, 0.05) is 17.3 Å². The second-order valence-electron chi connectivity index (χ2n) is 5.71. The Bertz CT molecular complexity index is 454. The molecule has 0 spiro atoms. The van der Waals surface area contributed by atoms with E-state index in [4.69, 9.17) is 0 Å². The molecule has 18 heavy (non-hydrogen) atoms. The van der Waals surface area contributed by atoms with E-state index in [2.05, 4.69) is 44.4 Å². The number of hydrogen-bond acceptors (Lipinski definition) is 2. The van der Waals surface area contributed by atoms with Gasteiger partial charge in [-0.1, -0.05) is 31.5 Å². The summed E-state index contributed by atoms with van der Waals surface area (Å²) >= 11 is 0. The molecule has 0 aliphatic carbocycles. The van der Waals surface area contributed by atoms with Crippen LogP contribution in [0, 0.1) is 12.8 Å². The molecule has 3 heteroatoms. The number of carbonyl (C=O) groups is 1. The molecular formula is C15H22N2O. The van der Waals surface area contributed by atoms with Crippen LogP contribution in [-0.4, -0.2) is 11.9 Å². The molecule has 1 aliphatic rings. The van der Waals surface area contributed by atoms with Gasteiger partial charge in [0.2, 0.25) is 5.91 Å². The van der Waals surface area contributed by atoms with Crippen LogP contribution in [0.4, 0.5) is 5.69 Å². The van der Waals surface area contributed by atoms with Crippen molar-refractivity contribution < 1.29 is 4.79 Å². The number of benzene rings is 1. The summed E-state index contributed by atoms with van der Waals surface area (Å²) in [6.45, 7) is 8.59. The molecule has 1 aromatic rings. The average molecular weight is 246 g/mol. The van der Waals surface area contributed by atoms with Crippen LogP contribution in [0.15, 0.2) is 18.2 Å². The number of anilines is 1. The molecular weight excluding hydrogens is 224 g/mol. The zero-order valence-corrected chi connectivity index (χ0v) is 11.6. The first-order chi connectivity index (χ1) is 8.47. The highest BCUT2D eigenvalue weighted by Crippen LogP contribution is 2.32. The number of fused-ring (bicyclic) bond motifs is 1. The minimum Gasteiger partial charge on any atom is -0.324 e. The summed E-state index contributed by atoms with van der Waals surface area (Å²) in [5.74, 6) is 0.695. The standard InChI is InChI=1S/C15H22N2O/c1-9(2)7-11(4)16-14-12-8-10(3)5-6-13(12)17-15(14)18/h5-6,8-9,11,14,16H,7H2,1-4H3,(H,17,18). The number of nitrogens with one attached hydrogen (secondary N) is 2. The van der Waals surface area contributed by atoms with E-state index in [-0.39, 0.29) is 11.9 Å². The van der Waals surface area contributed by atoms with Crippen LogP contribution in [0.5, 0.6) is 0 Å². The predicted octanol–water partition coefficient (Wildman–Crippen LogP) is 3.01. The zero-order valence-electron chi connectivity index (χ0n) is 11.6. The Labute approximate surface area is 109 Å². The van der Waals surface area contributed by atoms with Gasteiger partial charge in [0.1, 0.15) is 6.04 Å². The van der Waals surface area contributed by atoms with E-state index in [1.807, 2.05) is 12.1 Å². The van der Waals surface area contributed by atoms with E-state index >= 15 is 0 Å². The van der Waals surface area contributed by atoms with Crippen LogP contribution >= 0.6 is 0 Å². The number of aryl methyl sites for hydroxylation is 1. The molecule has 1 heterocycles. The van der Waals surface area contributed by atoms with Crippen LogP contribution in [0.3, 0.4) is 0 Å². The van der Waals surface area contributed by atoms with Crippen LogP contribution in [0.2, 0.25) is 0 Å². The van der Waals surface area contributed by atoms with Crippen molar-refractivity contribution in [3.63, 3.8) is 0 Å². The minimum atomic E-state index is -0.200. The maximum absolute atomic E-state index is 12.0. The van der Waals surface area contributed by atoms with Gasteiger partial charge in [-0.05, 0) is 32.3 Å². The van der Waals surface area contributed by atoms with E-state index < -0.39 is 0 Å².